The van der Waals surface area contributed by atoms with Crippen LogP contribution in [0.2, 0.25) is 0 Å². The van der Waals surface area contributed by atoms with Crippen LogP contribution in [0.1, 0.15) is 27.8 Å². The first-order valence-corrected chi connectivity index (χ1v) is 11.6. The van der Waals surface area contributed by atoms with E-state index in [0.717, 1.165) is 22.3 Å². The number of esters is 1. The van der Waals surface area contributed by atoms with Crippen molar-refractivity contribution in [3.8, 4) is 6.07 Å². The molecule has 0 saturated carbocycles. The highest BCUT2D eigenvalue weighted by molar-refractivity contribution is 5.98. The van der Waals surface area contributed by atoms with E-state index in [4.69, 9.17) is 10.00 Å². The molecular formula is C31H26N2O3. The minimum atomic E-state index is -1.21. The van der Waals surface area contributed by atoms with Crippen molar-refractivity contribution in [2.75, 3.05) is 7.11 Å². The fraction of sp³-hybridized carbons (Fsp3) is 0.129. The van der Waals surface area contributed by atoms with Crippen LogP contribution in [-0.2, 0) is 26.2 Å². The Morgan fingerprint density at radius 3 is 1.61 bits per heavy atom. The van der Waals surface area contributed by atoms with Gasteiger partial charge < -0.3 is 10.1 Å². The molecule has 0 aliphatic rings. The summed E-state index contributed by atoms with van der Waals surface area (Å²) >= 11 is 0. The molecule has 36 heavy (non-hydrogen) atoms. The van der Waals surface area contributed by atoms with Gasteiger partial charge in [0.25, 0.3) is 0 Å². The second kappa shape index (κ2) is 11.2. The molecular weight excluding hydrogens is 448 g/mol. The summed E-state index contributed by atoms with van der Waals surface area (Å²) in [5.74, 6) is -0.883. The molecule has 0 bridgehead atoms. The van der Waals surface area contributed by atoms with E-state index in [1.807, 2.05) is 91.0 Å². The van der Waals surface area contributed by atoms with Gasteiger partial charge in [-0.1, -0.05) is 103 Å². The van der Waals surface area contributed by atoms with Gasteiger partial charge in [0.15, 0.2) is 0 Å². The van der Waals surface area contributed by atoms with Gasteiger partial charge in [0.05, 0.1) is 18.7 Å². The third kappa shape index (κ3) is 4.89. The first kappa shape index (κ1) is 24.4. The van der Waals surface area contributed by atoms with Gasteiger partial charge in [-0.15, -0.1) is 0 Å². The first-order valence-electron chi connectivity index (χ1n) is 11.6. The molecule has 4 rings (SSSR count). The Morgan fingerprint density at radius 2 is 1.22 bits per heavy atom. The molecule has 0 unspecified atom stereocenters. The number of nitrogens with zero attached hydrogens (tertiary/aromatic N) is 1. The monoisotopic (exact) mass is 474 g/mol. The van der Waals surface area contributed by atoms with Gasteiger partial charge in [-0.25, -0.2) is 4.79 Å². The number of benzene rings is 4. The van der Waals surface area contributed by atoms with Crippen molar-refractivity contribution in [3.63, 3.8) is 0 Å². The Kier molecular flexibility index (Phi) is 7.57. The summed E-state index contributed by atoms with van der Waals surface area (Å²) in [5.41, 5.74) is 2.45. The minimum Gasteiger partial charge on any atom is -0.467 e. The molecule has 5 nitrogen and oxygen atoms in total. The predicted octanol–water partition coefficient (Wildman–Crippen LogP) is 4.79. The molecule has 0 spiro atoms. The minimum absolute atomic E-state index is 0.221. The molecule has 0 aromatic heterocycles. The zero-order valence-corrected chi connectivity index (χ0v) is 19.9. The van der Waals surface area contributed by atoms with Crippen LogP contribution in [-0.4, -0.2) is 25.0 Å². The smallest absolute Gasteiger partial charge is 0.328 e. The highest BCUT2D eigenvalue weighted by Gasteiger charge is 2.45. The Morgan fingerprint density at radius 1 is 0.778 bits per heavy atom. The molecule has 4 aromatic carbocycles. The zero-order valence-electron chi connectivity index (χ0n) is 19.9. The number of ether oxygens (including phenoxy) is 1. The summed E-state index contributed by atoms with van der Waals surface area (Å²) in [6.07, 6.45) is 0.221. The molecule has 1 atom stereocenters. The van der Waals surface area contributed by atoms with E-state index < -0.39 is 17.4 Å². The molecule has 0 aliphatic carbocycles. The van der Waals surface area contributed by atoms with Crippen LogP contribution >= 0.6 is 0 Å². The lowest BCUT2D eigenvalue weighted by Gasteiger charge is -2.35. The van der Waals surface area contributed by atoms with E-state index in [2.05, 4.69) is 11.4 Å². The van der Waals surface area contributed by atoms with Gasteiger partial charge in [-0.2, -0.15) is 5.26 Å². The number of rotatable bonds is 8. The molecule has 1 N–H and O–H groups in total. The quantitative estimate of drug-likeness (QED) is 0.294. The van der Waals surface area contributed by atoms with Crippen LogP contribution in [0.3, 0.4) is 0 Å². The maximum absolute atomic E-state index is 14.4. The average molecular weight is 475 g/mol. The Hall–Kier alpha value is -4.69. The Bertz CT molecular complexity index is 1250. The lowest BCUT2D eigenvalue weighted by molar-refractivity contribution is -0.145. The lowest BCUT2D eigenvalue weighted by atomic mass is 9.68. The number of carbonyl (C=O) groups excluding carboxylic acids is 2. The first-order chi connectivity index (χ1) is 17.6. The number of nitriles is 1. The molecule has 5 heteroatoms. The maximum atomic E-state index is 14.4. The summed E-state index contributed by atoms with van der Waals surface area (Å²) in [5, 5.41) is 12.1. The van der Waals surface area contributed by atoms with E-state index in [0.29, 0.717) is 5.56 Å². The van der Waals surface area contributed by atoms with Crippen molar-refractivity contribution < 1.29 is 14.3 Å². The molecule has 1 amide bonds. The van der Waals surface area contributed by atoms with Crippen molar-refractivity contribution in [2.24, 2.45) is 0 Å². The molecule has 4 aromatic rings. The summed E-state index contributed by atoms with van der Waals surface area (Å²) in [6, 6.07) is 36.8. The van der Waals surface area contributed by atoms with Gasteiger partial charge in [0, 0.05) is 6.42 Å². The van der Waals surface area contributed by atoms with E-state index in [1.54, 1.807) is 24.3 Å². The SMILES string of the molecule is COC(=O)[C@@H](Cc1ccc(C#N)cc1)NC(=O)C(c1ccccc1)(c1ccccc1)c1ccccc1. The maximum Gasteiger partial charge on any atom is 0.328 e. The van der Waals surface area contributed by atoms with Gasteiger partial charge in [-0.3, -0.25) is 4.79 Å². The number of hydrogen-bond acceptors (Lipinski definition) is 4. The Balaban J connectivity index is 1.82. The van der Waals surface area contributed by atoms with Crippen molar-refractivity contribution >= 4 is 11.9 Å². The number of hydrogen-bond donors (Lipinski definition) is 1. The van der Waals surface area contributed by atoms with Crippen LogP contribution in [0, 0.1) is 11.3 Å². The predicted molar refractivity (Wildman–Crippen MR) is 138 cm³/mol. The summed E-state index contributed by atoms with van der Waals surface area (Å²) in [7, 11) is 1.30. The van der Waals surface area contributed by atoms with E-state index in [-0.39, 0.29) is 12.3 Å². The van der Waals surface area contributed by atoms with Gasteiger partial charge in [0.1, 0.15) is 11.5 Å². The third-order valence-electron chi connectivity index (χ3n) is 6.27. The van der Waals surface area contributed by atoms with E-state index >= 15 is 0 Å². The number of nitrogens with one attached hydrogen (secondary N) is 1. The number of methoxy groups -OCH3 is 1. The zero-order chi connectivity index (χ0) is 25.4. The second-order valence-corrected chi connectivity index (χ2v) is 8.41. The molecule has 0 radical (unpaired) electrons. The Labute approximate surface area is 211 Å². The average Bonchev–Trinajstić information content (AvgIpc) is 2.95. The van der Waals surface area contributed by atoms with Crippen molar-refractivity contribution in [2.45, 2.75) is 17.9 Å². The van der Waals surface area contributed by atoms with Crippen LogP contribution in [0.15, 0.2) is 115 Å². The van der Waals surface area contributed by atoms with Crippen LogP contribution in [0.5, 0.6) is 0 Å². The lowest BCUT2D eigenvalue weighted by Crippen LogP contribution is -2.52. The molecule has 0 aliphatic heterocycles. The number of carbonyl (C=O) groups is 2. The van der Waals surface area contributed by atoms with Gasteiger partial charge in [-0.05, 0) is 34.4 Å². The van der Waals surface area contributed by atoms with E-state index in [9.17, 15) is 9.59 Å². The van der Waals surface area contributed by atoms with Gasteiger partial charge in [0.2, 0.25) is 5.91 Å². The summed E-state index contributed by atoms with van der Waals surface area (Å²) < 4.78 is 5.05. The summed E-state index contributed by atoms with van der Waals surface area (Å²) in [4.78, 5) is 27.2. The van der Waals surface area contributed by atoms with Crippen molar-refractivity contribution in [1.82, 2.24) is 5.32 Å². The fourth-order valence-electron chi connectivity index (χ4n) is 4.51. The number of amides is 1. The van der Waals surface area contributed by atoms with Crippen LogP contribution in [0.4, 0.5) is 0 Å². The van der Waals surface area contributed by atoms with Crippen LogP contribution < -0.4 is 5.32 Å². The highest BCUT2D eigenvalue weighted by Crippen LogP contribution is 2.39. The van der Waals surface area contributed by atoms with Crippen LogP contribution in [0.25, 0.3) is 0 Å². The largest absolute Gasteiger partial charge is 0.467 e. The van der Waals surface area contributed by atoms with Gasteiger partial charge >= 0.3 is 5.97 Å². The molecule has 0 saturated heterocycles. The fourth-order valence-corrected chi connectivity index (χ4v) is 4.51. The van der Waals surface area contributed by atoms with Crippen molar-refractivity contribution in [3.05, 3.63) is 143 Å². The molecule has 178 valence electrons. The molecule has 0 heterocycles. The van der Waals surface area contributed by atoms with E-state index in [1.165, 1.54) is 7.11 Å². The second-order valence-electron chi connectivity index (χ2n) is 8.41. The summed E-state index contributed by atoms with van der Waals surface area (Å²) in [6.45, 7) is 0. The third-order valence-corrected chi connectivity index (χ3v) is 6.27. The topological polar surface area (TPSA) is 79.2 Å². The molecule has 0 fully saturated rings. The van der Waals surface area contributed by atoms with Crippen molar-refractivity contribution in [1.29, 1.82) is 5.26 Å². The highest BCUT2D eigenvalue weighted by atomic mass is 16.5. The standard InChI is InChI=1S/C31H26N2O3/c1-36-29(34)28(21-23-17-19-24(22-32)20-18-23)33-30(35)31(25-11-5-2-6-12-25,26-13-7-3-8-14-26)27-15-9-4-10-16-27/h2-20,28H,21H2,1H3,(H,33,35)/t28-/m1/s1. The normalized spacial score (nSPS) is 11.7.